The molecule has 1 heterocycles. The highest BCUT2D eigenvalue weighted by Gasteiger charge is 2.34. The average Bonchev–Trinajstić information content (AvgIpc) is 3.17. The smallest absolute Gasteiger partial charge is 0.358 e. The maximum atomic E-state index is 11.1. The maximum Gasteiger partial charge on any atom is 0.358 e. The minimum Gasteiger partial charge on any atom is -0.476 e. The predicted octanol–water partition coefficient (Wildman–Crippen LogP) is 1.66. The number of carbonyl (C=O) groups is 2. The summed E-state index contributed by atoms with van der Waals surface area (Å²) in [5.41, 5.74) is 1.94. The Balaban J connectivity index is 2.08. The standard InChI is InChI=1S/C13H11N3O3/c17-7-8-1-5-10(6-2-8)16-12(9-3-4-9)11(13(18)19)14-15-16/h1-2,5-7,9H,3-4H2,(H,18,19). The quantitative estimate of drug-likeness (QED) is 0.842. The second-order valence-electron chi connectivity index (χ2n) is 4.52. The molecule has 6 nitrogen and oxygen atoms in total. The highest BCUT2D eigenvalue weighted by atomic mass is 16.4. The van der Waals surface area contributed by atoms with Crippen LogP contribution in [-0.2, 0) is 0 Å². The Hall–Kier alpha value is -2.50. The summed E-state index contributed by atoms with van der Waals surface area (Å²) in [5, 5.41) is 16.8. The zero-order valence-corrected chi connectivity index (χ0v) is 9.98. The Kier molecular flexibility index (Phi) is 2.63. The van der Waals surface area contributed by atoms with Crippen LogP contribution in [0.1, 0.15) is 45.3 Å². The van der Waals surface area contributed by atoms with Gasteiger partial charge in [-0.3, -0.25) is 4.79 Å². The number of aldehydes is 1. The number of carbonyl (C=O) groups excluding carboxylic acids is 1. The second kappa shape index (κ2) is 4.31. The van der Waals surface area contributed by atoms with Crippen LogP contribution in [0.15, 0.2) is 24.3 Å². The van der Waals surface area contributed by atoms with Gasteiger partial charge in [0, 0.05) is 11.5 Å². The molecule has 96 valence electrons. The topological polar surface area (TPSA) is 85.1 Å². The molecular weight excluding hydrogens is 246 g/mol. The van der Waals surface area contributed by atoms with Crippen LogP contribution in [-0.4, -0.2) is 32.4 Å². The van der Waals surface area contributed by atoms with E-state index in [2.05, 4.69) is 10.3 Å². The van der Waals surface area contributed by atoms with E-state index in [9.17, 15) is 9.59 Å². The first kappa shape index (κ1) is 11.6. The number of aromatic nitrogens is 3. The molecule has 1 N–H and O–H groups in total. The molecule has 6 heteroatoms. The van der Waals surface area contributed by atoms with E-state index in [1.807, 2.05) is 0 Å². The fraction of sp³-hybridized carbons (Fsp3) is 0.231. The lowest BCUT2D eigenvalue weighted by atomic mass is 10.2. The molecule has 19 heavy (non-hydrogen) atoms. The lowest BCUT2D eigenvalue weighted by Crippen LogP contribution is -2.05. The highest BCUT2D eigenvalue weighted by Crippen LogP contribution is 2.41. The van der Waals surface area contributed by atoms with Crippen LogP contribution in [0, 0.1) is 0 Å². The number of rotatable bonds is 4. The summed E-state index contributed by atoms with van der Waals surface area (Å²) in [6.07, 6.45) is 2.68. The van der Waals surface area contributed by atoms with Crippen LogP contribution in [0.25, 0.3) is 5.69 Å². The van der Waals surface area contributed by atoms with Crippen molar-refractivity contribution in [2.75, 3.05) is 0 Å². The summed E-state index contributed by atoms with van der Waals surface area (Å²) in [6, 6.07) is 6.80. The predicted molar refractivity (Wildman–Crippen MR) is 65.7 cm³/mol. The first-order valence-corrected chi connectivity index (χ1v) is 5.95. The molecule has 1 aliphatic carbocycles. The number of benzene rings is 1. The minimum absolute atomic E-state index is 0.0157. The van der Waals surface area contributed by atoms with Crippen LogP contribution in [0.4, 0.5) is 0 Å². The molecule has 0 atom stereocenters. The molecule has 0 aliphatic heterocycles. The van der Waals surface area contributed by atoms with Crippen molar-refractivity contribution >= 4 is 12.3 Å². The molecular formula is C13H11N3O3. The third kappa shape index (κ3) is 2.01. The third-order valence-corrected chi connectivity index (χ3v) is 3.15. The number of hydrogen-bond donors (Lipinski definition) is 1. The largest absolute Gasteiger partial charge is 0.476 e. The van der Waals surface area contributed by atoms with Gasteiger partial charge in [0.15, 0.2) is 5.69 Å². The van der Waals surface area contributed by atoms with Crippen LogP contribution in [0.5, 0.6) is 0 Å². The molecule has 0 bridgehead atoms. The van der Waals surface area contributed by atoms with E-state index in [1.54, 1.807) is 28.9 Å². The van der Waals surface area contributed by atoms with Crippen molar-refractivity contribution in [1.29, 1.82) is 0 Å². The van der Waals surface area contributed by atoms with Crippen molar-refractivity contribution in [2.45, 2.75) is 18.8 Å². The van der Waals surface area contributed by atoms with Gasteiger partial charge in [-0.05, 0) is 37.1 Å². The fourth-order valence-corrected chi connectivity index (χ4v) is 2.05. The number of hydrogen-bond acceptors (Lipinski definition) is 4. The van der Waals surface area contributed by atoms with E-state index in [4.69, 9.17) is 5.11 Å². The Bertz CT molecular complexity index is 642. The van der Waals surface area contributed by atoms with Gasteiger partial charge >= 0.3 is 5.97 Å². The third-order valence-electron chi connectivity index (χ3n) is 3.15. The summed E-state index contributed by atoms with van der Waals surface area (Å²) in [6.45, 7) is 0. The molecule has 1 aromatic carbocycles. The van der Waals surface area contributed by atoms with E-state index in [0.717, 1.165) is 19.1 Å². The Morgan fingerprint density at radius 1 is 1.32 bits per heavy atom. The number of carboxylic acid groups (broad SMARTS) is 1. The van der Waals surface area contributed by atoms with Crippen molar-refractivity contribution in [3.63, 3.8) is 0 Å². The zero-order valence-electron chi connectivity index (χ0n) is 9.98. The van der Waals surface area contributed by atoms with Crippen LogP contribution in [0.3, 0.4) is 0 Å². The minimum atomic E-state index is -1.06. The number of carboxylic acids is 1. The first-order valence-electron chi connectivity index (χ1n) is 5.95. The van der Waals surface area contributed by atoms with Gasteiger partial charge in [0.2, 0.25) is 0 Å². The normalized spacial score (nSPS) is 14.3. The van der Waals surface area contributed by atoms with Crippen molar-refractivity contribution < 1.29 is 14.7 Å². The Morgan fingerprint density at radius 3 is 2.53 bits per heavy atom. The molecule has 0 saturated heterocycles. The van der Waals surface area contributed by atoms with Crippen molar-refractivity contribution in [1.82, 2.24) is 15.0 Å². The van der Waals surface area contributed by atoms with Crippen molar-refractivity contribution in [3.05, 3.63) is 41.2 Å². The Morgan fingerprint density at radius 2 is 2.00 bits per heavy atom. The summed E-state index contributed by atoms with van der Waals surface area (Å²) in [4.78, 5) is 21.8. The fourth-order valence-electron chi connectivity index (χ4n) is 2.05. The molecule has 0 amide bonds. The van der Waals surface area contributed by atoms with Crippen molar-refractivity contribution in [2.24, 2.45) is 0 Å². The molecule has 1 saturated carbocycles. The van der Waals surface area contributed by atoms with E-state index < -0.39 is 5.97 Å². The maximum absolute atomic E-state index is 11.1. The van der Waals surface area contributed by atoms with Crippen molar-refractivity contribution in [3.8, 4) is 5.69 Å². The summed E-state index contributed by atoms with van der Waals surface area (Å²) >= 11 is 0. The molecule has 0 spiro atoms. The zero-order chi connectivity index (χ0) is 13.4. The molecule has 1 aromatic heterocycles. The lowest BCUT2D eigenvalue weighted by molar-refractivity contribution is 0.0689. The molecule has 1 fully saturated rings. The van der Waals surface area contributed by atoms with E-state index in [1.165, 1.54) is 0 Å². The van der Waals surface area contributed by atoms with Gasteiger partial charge in [-0.15, -0.1) is 5.10 Å². The van der Waals surface area contributed by atoms with E-state index in [-0.39, 0.29) is 11.6 Å². The molecule has 1 aliphatic rings. The van der Waals surface area contributed by atoms with Gasteiger partial charge in [0.1, 0.15) is 6.29 Å². The van der Waals surface area contributed by atoms with E-state index >= 15 is 0 Å². The van der Waals surface area contributed by atoms with Gasteiger partial charge in [0.25, 0.3) is 0 Å². The Labute approximate surface area is 108 Å². The summed E-state index contributed by atoms with van der Waals surface area (Å²) in [5.74, 6) is -0.843. The van der Waals surface area contributed by atoms with E-state index in [0.29, 0.717) is 16.9 Å². The molecule has 0 unspecified atom stereocenters. The number of nitrogens with zero attached hydrogens (tertiary/aromatic N) is 3. The van der Waals surface area contributed by atoms with Gasteiger partial charge in [0.05, 0.1) is 11.4 Å². The van der Waals surface area contributed by atoms with Gasteiger partial charge < -0.3 is 5.11 Å². The molecule has 0 radical (unpaired) electrons. The lowest BCUT2D eigenvalue weighted by Gasteiger charge is -2.05. The summed E-state index contributed by atoms with van der Waals surface area (Å²) in [7, 11) is 0. The highest BCUT2D eigenvalue weighted by molar-refractivity contribution is 5.87. The summed E-state index contributed by atoms with van der Waals surface area (Å²) < 4.78 is 1.55. The van der Waals surface area contributed by atoms with Crippen LogP contribution < -0.4 is 0 Å². The SMILES string of the molecule is O=Cc1ccc(-n2nnc(C(=O)O)c2C2CC2)cc1. The van der Waals surface area contributed by atoms with Gasteiger partial charge in [-0.2, -0.15) is 0 Å². The first-order chi connectivity index (χ1) is 9.20. The molecule has 2 aromatic rings. The van der Waals surface area contributed by atoms with Gasteiger partial charge in [-0.1, -0.05) is 5.21 Å². The van der Waals surface area contributed by atoms with Crippen LogP contribution >= 0.6 is 0 Å². The van der Waals surface area contributed by atoms with Gasteiger partial charge in [-0.25, -0.2) is 9.48 Å². The monoisotopic (exact) mass is 257 g/mol. The molecule has 3 rings (SSSR count). The average molecular weight is 257 g/mol. The second-order valence-corrected chi connectivity index (χ2v) is 4.52. The van der Waals surface area contributed by atoms with Crippen LogP contribution in [0.2, 0.25) is 0 Å². The number of aromatic carboxylic acids is 1.